The molecule has 0 aliphatic carbocycles. The Morgan fingerprint density at radius 2 is 2.09 bits per heavy atom. The number of nitrogens with two attached hydrogens (primary N) is 1. The van der Waals surface area contributed by atoms with Crippen LogP contribution in [0.1, 0.15) is 51.4 Å². The lowest BCUT2D eigenvalue weighted by Gasteiger charge is -2.33. The van der Waals surface area contributed by atoms with Crippen molar-refractivity contribution in [3.05, 3.63) is 23.9 Å². The van der Waals surface area contributed by atoms with E-state index >= 15 is 0 Å². The molecule has 1 heterocycles. The van der Waals surface area contributed by atoms with Gasteiger partial charge < -0.3 is 16.0 Å². The summed E-state index contributed by atoms with van der Waals surface area (Å²) in [7, 11) is 0. The van der Waals surface area contributed by atoms with Crippen molar-refractivity contribution >= 4 is 11.7 Å². The summed E-state index contributed by atoms with van der Waals surface area (Å²) >= 11 is 0. The highest BCUT2D eigenvalue weighted by Crippen LogP contribution is 2.17. The summed E-state index contributed by atoms with van der Waals surface area (Å²) in [6, 6.07) is 3.73. The van der Waals surface area contributed by atoms with Crippen LogP contribution < -0.4 is 16.0 Å². The molecule has 0 aliphatic heterocycles. The Labute approximate surface area is 134 Å². The fourth-order valence-corrected chi connectivity index (χ4v) is 2.17. The first kappa shape index (κ1) is 18.4. The van der Waals surface area contributed by atoms with Crippen molar-refractivity contribution in [3.63, 3.8) is 0 Å². The van der Waals surface area contributed by atoms with Gasteiger partial charge in [-0.25, -0.2) is 4.98 Å². The summed E-state index contributed by atoms with van der Waals surface area (Å²) in [6.45, 7) is 12.6. The molecule has 124 valence electrons. The molecule has 1 aromatic rings. The van der Waals surface area contributed by atoms with Crippen molar-refractivity contribution in [1.82, 2.24) is 10.3 Å². The minimum atomic E-state index is -0.409. The molecule has 0 aromatic carbocycles. The first-order chi connectivity index (χ1) is 10.4. The van der Waals surface area contributed by atoms with Gasteiger partial charge in [-0.15, -0.1) is 0 Å². The third-order valence-corrected chi connectivity index (χ3v) is 4.31. The van der Waals surface area contributed by atoms with Crippen molar-refractivity contribution in [2.75, 3.05) is 24.5 Å². The second-order valence-electron chi connectivity index (χ2n) is 6.22. The van der Waals surface area contributed by atoms with Gasteiger partial charge in [0.15, 0.2) is 0 Å². The Morgan fingerprint density at radius 1 is 1.41 bits per heavy atom. The van der Waals surface area contributed by atoms with Crippen molar-refractivity contribution in [2.45, 2.75) is 46.6 Å². The zero-order chi connectivity index (χ0) is 16.8. The van der Waals surface area contributed by atoms with Crippen LogP contribution in [0.4, 0.5) is 5.82 Å². The maximum absolute atomic E-state index is 12.4. The minimum Gasteiger partial charge on any atom is -0.357 e. The highest BCUT2D eigenvalue weighted by molar-refractivity contribution is 5.94. The van der Waals surface area contributed by atoms with Crippen molar-refractivity contribution in [2.24, 2.45) is 11.7 Å². The molecule has 22 heavy (non-hydrogen) atoms. The Hall–Kier alpha value is -1.62. The highest BCUT2D eigenvalue weighted by Gasteiger charge is 2.29. The Morgan fingerprint density at radius 3 is 2.50 bits per heavy atom. The zero-order valence-electron chi connectivity index (χ0n) is 14.5. The fraction of sp³-hybridized carbons (Fsp3) is 0.647. The molecule has 0 saturated carbocycles. The largest absolute Gasteiger partial charge is 0.357 e. The van der Waals surface area contributed by atoms with Gasteiger partial charge in [0, 0.05) is 25.8 Å². The number of nitrogens with zero attached hydrogens (tertiary/aromatic N) is 2. The average Bonchev–Trinajstić information content (AvgIpc) is 2.52. The van der Waals surface area contributed by atoms with E-state index in [4.69, 9.17) is 5.73 Å². The molecule has 0 spiro atoms. The monoisotopic (exact) mass is 306 g/mol. The smallest absolute Gasteiger partial charge is 0.253 e. The van der Waals surface area contributed by atoms with Gasteiger partial charge in [-0.05, 0) is 38.3 Å². The molecule has 0 radical (unpaired) electrons. The van der Waals surface area contributed by atoms with Crippen LogP contribution >= 0.6 is 0 Å². The van der Waals surface area contributed by atoms with Crippen LogP contribution in [0.3, 0.4) is 0 Å². The quantitative estimate of drug-likeness (QED) is 0.774. The minimum absolute atomic E-state index is 0.126. The third-order valence-electron chi connectivity index (χ3n) is 4.31. The van der Waals surface area contributed by atoms with E-state index in [0.717, 1.165) is 25.3 Å². The predicted molar refractivity (Wildman–Crippen MR) is 92.2 cm³/mol. The summed E-state index contributed by atoms with van der Waals surface area (Å²) in [5.41, 5.74) is 5.97. The second kappa shape index (κ2) is 8.13. The summed E-state index contributed by atoms with van der Waals surface area (Å²) in [5, 5.41) is 3.03. The maximum Gasteiger partial charge on any atom is 0.253 e. The van der Waals surface area contributed by atoms with Gasteiger partial charge in [0.1, 0.15) is 5.82 Å². The zero-order valence-corrected chi connectivity index (χ0v) is 14.5. The van der Waals surface area contributed by atoms with Gasteiger partial charge >= 0.3 is 0 Å². The second-order valence-corrected chi connectivity index (χ2v) is 6.22. The molecule has 1 amide bonds. The highest BCUT2D eigenvalue weighted by atomic mass is 16.1. The van der Waals surface area contributed by atoms with E-state index in [1.807, 2.05) is 19.1 Å². The molecule has 1 aromatic heterocycles. The molecule has 1 unspecified atom stereocenters. The van der Waals surface area contributed by atoms with E-state index in [2.05, 4.69) is 42.9 Å². The van der Waals surface area contributed by atoms with Gasteiger partial charge in [-0.1, -0.05) is 20.8 Å². The van der Waals surface area contributed by atoms with E-state index in [9.17, 15) is 4.79 Å². The molecule has 0 aliphatic rings. The Bertz CT molecular complexity index is 472. The van der Waals surface area contributed by atoms with E-state index < -0.39 is 5.54 Å². The van der Waals surface area contributed by atoms with E-state index in [1.165, 1.54) is 0 Å². The molecule has 3 N–H and O–H groups in total. The average molecular weight is 306 g/mol. The Kier molecular flexibility index (Phi) is 6.81. The van der Waals surface area contributed by atoms with Gasteiger partial charge in [0.25, 0.3) is 5.91 Å². The topological polar surface area (TPSA) is 71.2 Å². The van der Waals surface area contributed by atoms with Gasteiger partial charge in [0.05, 0.1) is 11.1 Å². The summed E-state index contributed by atoms with van der Waals surface area (Å²) in [5.74, 6) is 1.04. The number of carbonyl (C=O) groups excluding carboxylic acids is 1. The normalized spacial score (nSPS) is 13.8. The first-order valence-corrected chi connectivity index (χ1v) is 8.11. The van der Waals surface area contributed by atoms with Crippen LogP contribution in [0.15, 0.2) is 18.3 Å². The molecular formula is C17H30N4O. The van der Waals surface area contributed by atoms with Crippen LogP contribution in [0.2, 0.25) is 0 Å². The van der Waals surface area contributed by atoms with Crippen LogP contribution in [0.5, 0.6) is 0 Å². The molecule has 1 rings (SSSR count). The number of aromatic nitrogens is 1. The van der Waals surface area contributed by atoms with E-state index in [-0.39, 0.29) is 11.8 Å². The van der Waals surface area contributed by atoms with E-state index in [1.54, 1.807) is 6.20 Å². The molecular weight excluding hydrogens is 276 g/mol. The third kappa shape index (κ3) is 4.44. The van der Waals surface area contributed by atoms with Gasteiger partial charge in [0.2, 0.25) is 0 Å². The number of hydrogen-bond acceptors (Lipinski definition) is 4. The molecule has 1 atom stereocenters. The van der Waals surface area contributed by atoms with Gasteiger partial charge in [-0.2, -0.15) is 0 Å². The van der Waals surface area contributed by atoms with Crippen LogP contribution in [-0.2, 0) is 0 Å². The standard InChI is InChI=1S/C17H30N4O/c1-6-10-21(7-2)15-9-8-14(11-19-15)16(22)20-17(5,12-18)13(3)4/h8-9,11,13H,6-7,10,12,18H2,1-5H3,(H,20,22). The summed E-state index contributed by atoms with van der Waals surface area (Å²) < 4.78 is 0. The van der Waals surface area contributed by atoms with Crippen molar-refractivity contribution in [1.29, 1.82) is 0 Å². The van der Waals surface area contributed by atoms with Crippen molar-refractivity contribution < 1.29 is 4.79 Å². The number of nitrogens with one attached hydrogen (secondary N) is 1. The molecule has 5 heteroatoms. The first-order valence-electron chi connectivity index (χ1n) is 8.11. The molecule has 0 bridgehead atoms. The number of carbonyl (C=O) groups is 1. The van der Waals surface area contributed by atoms with E-state index in [0.29, 0.717) is 12.1 Å². The lowest BCUT2D eigenvalue weighted by Crippen LogP contribution is -2.55. The van der Waals surface area contributed by atoms with Crippen LogP contribution in [0.25, 0.3) is 0 Å². The lowest BCUT2D eigenvalue weighted by atomic mass is 9.88. The lowest BCUT2D eigenvalue weighted by molar-refractivity contribution is 0.0883. The number of rotatable bonds is 8. The predicted octanol–water partition coefficient (Wildman–Crippen LogP) is 2.42. The maximum atomic E-state index is 12.4. The molecule has 0 saturated heterocycles. The SMILES string of the molecule is CCCN(CC)c1ccc(C(=O)NC(C)(CN)C(C)C)cn1. The molecule has 5 nitrogen and oxygen atoms in total. The summed E-state index contributed by atoms with van der Waals surface area (Å²) in [6.07, 6.45) is 2.71. The number of anilines is 1. The van der Waals surface area contributed by atoms with Crippen LogP contribution in [-0.4, -0.2) is 36.1 Å². The molecule has 0 fully saturated rings. The number of hydrogen-bond donors (Lipinski definition) is 2. The number of pyridine rings is 1. The van der Waals surface area contributed by atoms with Gasteiger partial charge in [-0.3, -0.25) is 4.79 Å². The number of amides is 1. The van der Waals surface area contributed by atoms with Crippen LogP contribution in [0, 0.1) is 5.92 Å². The van der Waals surface area contributed by atoms with Crippen molar-refractivity contribution in [3.8, 4) is 0 Å². The Balaban J connectivity index is 2.84. The fourth-order valence-electron chi connectivity index (χ4n) is 2.17. The summed E-state index contributed by atoms with van der Waals surface area (Å²) in [4.78, 5) is 19.0.